The smallest absolute Gasteiger partial charge is 0.340 e. The van der Waals surface area contributed by atoms with Gasteiger partial charge in [0.25, 0.3) is 5.91 Å². The van der Waals surface area contributed by atoms with E-state index in [2.05, 4.69) is 33.9 Å². The summed E-state index contributed by atoms with van der Waals surface area (Å²) >= 11 is 0. The molecule has 0 aromatic heterocycles. The first-order valence-electron chi connectivity index (χ1n) is 12.7. The minimum Gasteiger partial charge on any atom is -0.545 e. The number of benzene rings is 1. The molecule has 3 aliphatic rings. The summed E-state index contributed by atoms with van der Waals surface area (Å²) in [5.41, 5.74) is 1.10. The third-order valence-electron chi connectivity index (χ3n) is 7.58. The molecule has 2 aliphatic heterocycles. The van der Waals surface area contributed by atoms with E-state index in [9.17, 15) is 9.59 Å². The van der Waals surface area contributed by atoms with E-state index in [-0.39, 0.29) is 29.6 Å². The zero-order valence-electron chi connectivity index (χ0n) is 21.6. The van der Waals surface area contributed by atoms with Crippen LogP contribution < -0.4 is 0 Å². The van der Waals surface area contributed by atoms with E-state index in [1.807, 2.05) is 59.8 Å². The number of hydrogen-bond acceptors (Lipinski definition) is 5. The number of rotatable bonds is 5. The molecule has 0 N–H and O–H groups in total. The zero-order valence-corrected chi connectivity index (χ0v) is 22.6. The van der Waals surface area contributed by atoms with Gasteiger partial charge in [0, 0.05) is 11.8 Å². The Labute approximate surface area is 210 Å². The highest BCUT2D eigenvalue weighted by atomic mass is 28.4. The first kappa shape index (κ1) is 25.3. The molecule has 1 aliphatic carbocycles. The van der Waals surface area contributed by atoms with Crippen LogP contribution in [-0.2, 0) is 14.0 Å². The van der Waals surface area contributed by atoms with Gasteiger partial charge in [-0.15, -0.1) is 0 Å². The normalized spacial score (nSPS) is 21.1. The maximum absolute atomic E-state index is 13.7. The number of hydrazine groups is 1. The van der Waals surface area contributed by atoms with Gasteiger partial charge in [-0.2, -0.15) is 0 Å². The summed E-state index contributed by atoms with van der Waals surface area (Å²) in [5, 5.41) is 3.46. The van der Waals surface area contributed by atoms with Crippen LogP contribution in [0.1, 0.15) is 63.2 Å². The van der Waals surface area contributed by atoms with Crippen molar-refractivity contribution in [1.82, 2.24) is 10.0 Å². The summed E-state index contributed by atoms with van der Waals surface area (Å²) in [6, 6.07) is 8.77. The molecule has 1 amide bonds. The largest absolute Gasteiger partial charge is 0.545 e. The number of fused-ring (bicyclic) bond motifs is 1. The van der Waals surface area contributed by atoms with Crippen LogP contribution in [0, 0.1) is 0 Å². The molecule has 2 heterocycles. The zero-order chi connectivity index (χ0) is 25.2. The van der Waals surface area contributed by atoms with Gasteiger partial charge >= 0.3 is 5.97 Å². The molecule has 1 saturated carbocycles. The second kappa shape index (κ2) is 10.1. The van der Waals surface area contributed by atoms with Crippen LogP contribution in [0.5, 0.6) is 0 Å². The lowest BCUT2D eigenvalue weighted by Crippen LogP contribution is -2.56. The fourth-order valence-electron chi connectivity index (χ4n) is 4.50. The number of allylic oxidation sites excluding steroid dienone is 2. The molecule has 1 fully saturated rings. The molecule has 6 nitrogen and oxygen atoms in total. The highest BCUT2D eigenvalue weighted by molar-refractivity contribution is 6.74. The average molecular weight is 495 g/mol. The summed E-state index contributed by atoms with van der Waals surface area (Å²) in [6.45, 7) is 11.0. The minimum absolute atomic E-state index is 0.0570. The number of nitrogens with zero attached hydrogens (tertiary/aromatic N) is 2. The Balaban J connectivity index is 1.75. The van der Waals surface area contributed by atoms with E-state index in [1.165, 1.54) is 6.42 Å². The summed E-state index contributed by atoms with van der Waals surface area (Å²) < 4.78 is 12.8. The molecule has 0 spiro atoms. The van der Waals surface area contributed by atoms with Crippen LogP contribution >= 0.6 is 0 Å². The maximum Gasteiger partial charge on any atom is 0.340 e. The van der Waals surface area contributed by atoms with E-state index < -0.39 is 14.4 Å². The number of ether oxygens (including phenoxy) is 1. The molecule has 0 bridgehead atoms. The van der Waals surface area contributed by atoms with Gasteiger partial charge < -0.3 is 9.16 Å². The quantitative estimate of drug-likeness (QED) is 0.373. The van der Waals surface area contributed by atoms with Crippen LogP contribution in [0.4, 0.5) is 0 Å². The van der Waals surface area contributed by atoms with Gasteiger partial charge in [-0.1, -0.05) is 57.5 Å². The molecule has 0 saturated heterocycles. The van der Waals surface area contributed by atoms with Crippen molar-refractivity contribution in [3.63, 3.8) is 0 Å². The van der Waals surface area contributed by atoms with Crippen LogP contribution in [0.3, 0.4) is 0 Å². The van der Waals surface area contributed by atoms with E-state index in [1.54, 1.807) is 5.01 Å². The number of carbonyl (C=O) groups is 2. The first-order valence-corrected chi connectivity index (χ1v) is 15.6. The second-order valence-electron chi connectivity index (χ2n) is 11.1. The van der Waals surface area contributed by atoms with Gasteiger partial charge in [-0.25, -0.2) is 9.80 Å². The summed E-state index contributed by atoms with van der Waals surface area (Å²) in [5.74, 6) is 0.0989. The van der Waals surface area contributed by atoms with Crippen LogP contribution in [-0.4, -0.2) is 48.9 Å². The number of amides is 1. The van der Waals surface area contributed by atoms with E-state index in [0.29, 0.717) is 16.9 Å². The van der Waals surface area contributed by atoms with Crippen molar-refractivity contribution in [2.24, 2.45) is 0 Å². The monoisotopic (exact) mass is 494 g/mol. The molecule has 188 valence electrons. The van der Waals surface area contributed by atoms with Crippen molar-refractivity contribution in [2.45, 2.75) is 83.2 Å². The lowest BCUT2D eigenvalue weighted by Gasteiger charge is -2.47. The van der Waals surface area contributed by atoms with Gasteiger partial charge in [-0.3, -0.25) is 9.80 Å². The van der Waals surface area contributed by atoms with Crippen LogP contribution in [0.15, 0.2) is 66.1 Å². The van der Waals surface area contributed by atoms with Gasteiger partial charge in [0.15, 0.2) is 0 Å². The molecule has 7 heteroatoms. The highest BCUT2D eigenvalue weighted by Crippen LogP contribution is 2.40. The number of hydrogen-bond donors (Lipinski definition) is 0. The van der Waals surface area contributed by atoms with Crippen molar-refractivity contribution in [2.75, 3.05) is 6.54 Å². The van der Waals surface area contributed by atoms with Crippen molar-refractivity contribution >= 4 is 20.2 Å². The second-order valence-corrected chi connectivity index (χ2v) is 15.9. The molecule has 35 heavy (non-hydrogen) atoms. The van der Waals surface area contributed by atoms with Crippen molar-refractivity contribution in [3.8, 4) is 0 Å². The molecule has 4 rings (SSSR count). The Bertz CT molecular complexity index is 1030. The van der Waals surface area contributed by atoms with Gasteiger partial charge in [0.05, 0.1) is 6.54 Å². The third kappa shape index (κ3) is 5.40. The Morgan fingerprint density at radius 1 is 1.00 bits per heavy atom. The molecule has 1 aromatic rings. The Kier molecular flexibility index (Phi) is 7.26. The Morgan fingerprint density at radius 3 is 2.34 bits per heavy atom. The van der Waals surface area contributed by atoms with Crippen LogP contribution in [0.25, 0.3) is 0 Å². The average Bonchev–Trinajstić information content (AvgIpc) is 2.83. The number of carbonyl (C=O) groups excluding carboxylic acids is 2. The molecular formula is C28H38N2O4Si. The molecule has 1 aromatic carbocycles. The summed E-state index contributed by atoms with van der Waals surface area (Å²) in [6.07, 6.45) is 12.7. The fraction of sp³-hybridized carbons (Fsp3) is 0.500. The van der Waals surface area contributed by atoms with E-state index in [0.717, 1.165) is 25.7 Å². The van der Waals surface area contributed by atoms with E-state index in [4.69, 9.17) is 9.16 Å². The summed E-state index contributed by atoms with van der Waals surface area (Å²) in [7, 11) is -2.30. The van der Waals surface area contributed by atoms with Crippen molar-refractivity contribution in [3.05, 3.63) is 71.7 Å². The predicted octanol–water partition coefficient (Wildman–Crippen LogP) is 5.96. The van der Waals surface area contributed by atoms with E-state index >= 15 is 0 Å². The first-order chi connectivity index (χ1) is 16.6. The van der Waals surface area contributed by atoms with Crippen molar-refractivity contribution < 1.29 is 18.8 Å². The fourth-order valence-corrected chi connectivity index (χ4v) is 5.60. The molecule has 0 radical (unpaired) electrons. The van der Waals surface area contributed by atoms with Gasteiger partial charge in [-0.05, 0) is 62.0 Å². The lowest BCUT2D eigenvalue weighted by molar-refractivity contribution is -0.147. The maximum atomic E-state index is 13.7. The van der Waals surface area contributed by atoms with Crippen LogP contribution in [0.2, 0.25) is 18.1 Å². The van der Waals surface area contributed by atoms with Gasteiger partial charge in [0.2, 0.25) is 8.32 Å². The summed E-state index contributed by atoms with van der Waals surface area (Å²) in [4.78, 5) is 27.3. The SMILES string of the molecule is CC(C)(C)[Si](C)(C)OC1=C(C(=O)OC2CCCCC2)C2C=CC=CN2N(C(=O)c2ccccc2)C1. The number of esters is 1. The standard InChI is InChI=1S/C28H38N2O4Si/c1-28(2,3)35(4,5)34-24-20-30(26(31)21-14-8-6-9-15-21)29-19-13-12-18-23(29)25(24)27(32)33-22-16-10-7-11-17-22/h6,8-9,12-15,18-19,22-23H,7,10-11,16-17,20H2,1-5H3. The van der Waals surface area contributed by atoms with Gasteiger partial charge in [0.1, 0.15) is 23.5 Å². The molecular weight excluding hydrogens is 456 g/mol. The van der Waals surface area contributed by atoms with Crippen molar-refractivity contribution in [1.29, 1.82) is 0 Å². The molecule has 1 unspecified atom stereocenters. The Morgan fingerprint density at radius 2 is 1.69 bits per heavy atom. The molecule has 1 atom stereocenters. The highest BCUT2D eigenvalue weighted by Gasteiger charge is 2.45. The Hall–Kier alpha value is -2.80. The predicted molar refractivity (Wildman–Crippen MR) is 140 cm³/mol. The lowest BCUT2D eigenvalue weighted by atomic mass is 9.97. The topological polar surface area (TPSA) is 59.1 Å². The third-order valence-corrected chi connectivity index (χ3v) is 12.0. The minimum atomic E-state index is -2.30.